The van der Waals surface area contributed by atoms with Crippen molar-refractivity contribution in [3.63, 3.8) is 0 Å². The molecule has 3 heterocycles. The average Bonchev–Trinajstić information content (AvgIpc) is 2.64. The third-order valence-corrected chi connectivity index (χ3v) is 3.99. The predicted octanol–water partition coefficient (Wildman–Crippen LogP) is 1.07. The van der Waals surface area contributed by atoms with E-state index in [0.717, 1.165) is 30.6 Å². The first-order valence-corrected chi connectivity index (χ1v) is 7.21. The molecule has 2 aromatic heterocycles. The summed E-state index contributed by atoms with van der Waals surface area (Å²) >= 11 is 5.32. The van der Waals surface area contributed by atoms with Crippen molar-refractivity contribution in [3.8, 4) is 0 Å². The third-order valence-electron chi connectivity index (χ3n) is 3.67. The molecule has 0 amide bonds. The fraction of sp³-hybridized carbons (Fsp3) is 0.538. The van der Waals surface area contributed by atoms with E-state index in [1.807, 2.05) is 17.7 Å². The second-order valence-electron chi connectivity index (χ2n) is 5.10. The fourth-order valence-electron chi connectivity index (χ4n) is 2.65. The number of nitrogens with one attached hydrogen (secondary N) is 3. The number of rotatable bonds is 2. The van der Waals surface area contributed by atoms with Gasteiger partial charge in [0.2, 0.25) is 0 Å². The molecular formula is C13H18N4O2S. The van der Waals surface area contributed by atoms with E-state index >= 15 is 0 Å². The summed E-state index contributed by atoms with van der Waals surface area (Å²) in [5, 5.41) is 3.31. The maximum absolute atomic E-state index is 11.9. The zero-order chi connectivity index (χ0) is 14.1. The summed E-state index contributed by atoms with van der Waals surface area (Å²) in [5.74, 6) is 0. The first-order chi connectivity index (χ1) is 9.66. The molecule has 3 N–H and O–H groups in total. The Kier molecular flexibility index (Phi) is 3.73. The summed E-state index contributed by atoms with van der Waals surface area (Å²) in [6.07, 6.45) is 2.88. The molecule has 0 bridgehead atoms. The molecule has 1 fully saturated rings. The average molecular weight is 294 g/mol. The lowest BCUT2D eigenvalue weighted by Gasteiger charge is -2.17. The number of aromatic amines is 2. The Bertz CT molecular complexity index is 722. The quantitative estimate of drug-likeness (QED) is 0.724. The Morgan fingerprint density at radius 2 is 2.35 bits per heavy atom. The number of H-pyrrole nitrogens is 2. The van der Waals surface area contributed by atoms with E-state index in [1.54, 1.807) is 0 Å². The zero-order valence-electron chi connectivity index (χ0n) is 11.4. The highest BCUT2D eigenvalue weighted by Crippen LogP contribution is 2.16. The van der Waals surface area contributed by atoms with Crippen LogP contribution in [0.4, 0.5) is 0 Å². The standard InChI is InChI=1S/C13H18N4O2S/c1-8-6-15-10-11(8)17(13(20)16-12(10)18)7-9-2-3-14-4-5-19-9/h6,9,14-15H,2-5,7H2,1H3,(H,16,18,20). The van der Waals surface area contributed by atoms with E-state index in [0.29, 0.717) is 23.4 Å². The highest BCUT2D eigenvalue weighted by molar-refractivity contribution is 7.71. The Balaban J connectivity index is 2.04. The van der Waals surface area contributed by atoms with Crippen LogP contribution in [0.3, 0.4) is 0 Å². The van der Waals surface area contributed by atoms with Crippen molar-refractivity contribution in [2.75, 3.05) is 19.7 Å². The maximum Gasteiger partial charge on any atom is 0.276 e. The highest BCUT2D eigenvalue weighted by atomic mass is 32.1. The first kappa shape index (κ1) is 13.5. The summed E-state index contributed by atoms with van der Waals surface area (Å²) in [6.45, 7) is 5.16. The van der Waals surface area contributed by atoms with Crippen molar-refractivity contribution >= 4 is 23.3 Å². The largest absolute Gasteiger partial charge is 0.375 e. The SMILES string of the molecule is Cc1c[nH]c2c(=O)[nH]c(=S)n(CC3CCNCCO3)c12. The Hall–Kier alpha value is -1.44. The Morgan fingerprint density at radius 3 is 3.20 bits per heavy atom. The van der Waals surface area contributed by atoms with Crippen LogP contribution in [0.25, 0.3) is 11.0 Å². The number of aryl methyl sites for hydroxylation is 1. The second-order valence-corrected chi connectivity index (χ2v) is 5.48. The van der Waals surface area contributed by atoms with Crippen LogP contribution < -0.4 is 10.9 Å². The van der Waals surface area contributed by atoms with Gasteiger partial charge in [-0.05, 0) is 37.7 Å². The molecule has 7 heteroatoms. The summed E-state index contributed by atoms with van der Waals surface area (Å²) in [7, 11) is 0. The van der Waals surface area contributed by atoms with Gasteiger partial charge in [-0.2, -0.15) is 0 Å². The van der Waals surface area contributed by atoms with Crippen molar-refractivity contribution in [2.45, 2.75) is 26.0 Å². The monoisotopic (exact) mass is 294 g/mol. The number of fused-ring (bicyclic) bond motifs is 1. The van der Waals surface area contributed by atoms with E-state index in [9.17, 15) is 4.79 Å². The minimum absolute atomic E-state index is 0.111. The molecule has 1 aliphatic heterocycles. The lowest BCUT2D eigenvalue weighted by molar-refractivity contribution is 0.0527. The number of ether oxygens (including phenoxy) is 1. The van der Waals surface area contributed by atoms with Gasteiger partial charge in [0.1, 0.15) is 5.52 Å². The number of aromatic nitrogens is 3. The summed E-state index contributed by atoms with van der Waals surface area (Å²) in [6, 6.07) is 0. The molecule has 1 atom stereocenters. The van der Waals surface area contributed by atoms with E-state index in [2.05, 4.69) is 15.3 Å². The van der Waals surface area contributed by atoms with E-state index in [-0.39, 0.29) is 11.7 Å². The molecule has 0 radical (unpaired) electrons. The second kappa shape index (κ2) is 5.51. The van der Waals surface area contributed by atoms with Gasteiger partial charge < -0.3 is 19.6 Å². The molecule has 0 saturated carbocycles. The zero-order valence-corrected chi connectivity index (χ0v) is 12.2. The van der Waals surface area contributed by atoms with Gasteiger partial charge in [-0.3, -0.25) is 9.78 Å². The van der Waals surface area contributed by atoms with Gasteiger partial charge in [-0.25, -0.2) is 0 Å². The van der Waals surface area contributed by atoms with E-state index in [1.165, 1.54) is 0 Å². The number of nitrogens with zero attached hydrogens (tertiary/aromatic N) is 1. The third kappa shape index (κ3) is 2.44. The smallest absolute Gasteiger partial charge is 0.276 e. The van der Waals surface area contributed by atoms with Gasteiger partial charge >= 0.3 is 0 Å². The maximum atomic E-state index is 11.9. The molecule has 2 aromatic rings. The Morgan fingerprint density at radius 1 is 1.50 bits per heavy atom. The molecule has 0 spiro atoms. The van der Waals surface area contributed by atoms with Crippen molar-refractivity contribution in [1.82, 2.24) is 19.9 Å². The topological polar surface area (TPSA) is 74.8 Å². The van der Waals surface area contributed by atoms with Gasteiger partial charge in [-0.15, -0.1) is 0 Å². The van der Waals surface area contributed by atoms with Crippen LogP contribution in [0.2, 0.25) is 0 Å². The summed E-state index contributed by atoms with van der Waals surface area (Å²) in [4.78, 5) is 17.6. The molecule has 20 heavy (non-hydrogen) atoms. The minimum atomic E-state index is -0.169. The van der Waals surface area contributed by atoms with Crippen molar-refractivity contribution in [3.05, 3.63) is 26.9 Å². The summed E-state index contributed by atoms with van der Waals surface area (Å²) in [5.41, 5.74) is 2.30. The molecule has 108 valence electrons. The molecule has 3 rings (SSSR count). The molecule has 1 unspecified atom stereocenters. The van der Waals surface area contributed by atoms with Crippen molar-refractivity contribution in [2.24, 2.45) is 0 Å². The molecule has 1 aliphatic rings. The molecule has 0 aromatic carbocycles. The predicted molar refractivity (Wildman–Crippen MR) is 79.7 cm³/mol. The normalized spacial score (nSPS) is 20.1. The lowest BCUT2D eigenvalue weighted by Crippen LogP contribution is -2.24. The lowest BCUT2D eigenvalue weighted by atomic mass is 10.2. The highest BCUT2D eigenvalue weighted by Gasteiger charge is 2.16. The van der Waals surface area contributed by atoms with Gasteiger partial charge in [0.15, 0.2) is 4.77 Å². The summed E-state index contributed by atoms with van der Waals surface area (Å²) < 4.78 is 8.24. The van der Waals surface area contributed by atoms with Crippen LogP contribution in [-0.2, 0) is 11.3 Å². The number of hydrogen-bond donors (Lipinski definition) is 3. The number of hydrogen-bond acceptors (Lipinski definition) is 4. The van der Waals surface area contributed by atoms with Gasteiger partial charge in [-0.1, -0.05) is 0 Å². The fourth-order valence-corrected chi connectivity index (χ4v) is 2.91. The van der Waals surface area contributed by atoms with Crippen LogP contribution in [0.5, 0.6) is 0 Å². The van der Waals surface area contributed by atoms with Crippen LogP contribution >= 0.6 is 12.2 Å². The first-order valence-electron chi connectivity index (χ1n) is 6.80. The van der Waals surface area contributed by atoms with E-state index < -0.39 is 0 Å². The van der Waals surface area contributed by atoms with Crippen molar-refractivity contribution < 1.29 is 4.74 Å². The van der Waals surface area contributed by atoms with Crippen LogP contribution in [0, 0.1) is 11.7 Å². The molecule has 1 saturated heterocycles. The van der Waals surface area contributed by atoms with Crippen LogP contribution in [0.1, 0.15) is 12.0 Å². The van der Waals surface area contributed by atoms with Crippen LogP contribution in [0.15, 0.2) is 11.0 Å². The molecule has 6 nitrogen and oxygen atoms in total. The van der Waals surface area contributed by atoms with Crippen LogP contribution in [-0.4, -0.2) is 40.3 Å². The van der Waals surface area contributed by atoms with Gasteiger partial charge in [0.25, 0.3) is 5.56 Å². The van der Waals surface area contributed by atoms with Gasteiger partial charge in [0.05, 0.1) is 24.8 Å². The van der Waals surface area contributed by atoms with Crippen molar-refractivity contribution in [1.29, 1.82) is 0 Å². The molecule has 0 aliphatic carbocycles. The molecular weight excluding hydrogens is 276 g/mol. The Labute approximate surface area is 121 Å². The minimum Gasteiger partial charge on any atom is -0.375 e. The van der Waals surface area contributed by atoms with Gasteiger partial charge in [0, 0.05) is 12.7 Å². The van der Waals surface area contributed by atoms with E-state index in [4.69, 9.17) is 17.0 Å².